The van der Waals surface area contributed by atoms with Crippen molar-refractivity contribution in [1.82, 2.24) is 5.32 Å². The molecule has 0 unspecified atom stereocenters. The van der Waals surface area contributed by atoms with Gasteiger partial charge in [0.25, 0.3) is 11.4 Å². The Morgan fingerprint density at radius 2 is 2.00 bits per heavy atom. The van der Waals surface area contributed by atoms with Crippen LogP contribution in [0.3, 0.4) is 0 Å². The van der Waals surface area contributed by atoms with Gasteiger partial charge < -0.3 is 5.32 Å². The third-order valence-electron chi connectivity index (χ3n) is 2.32. The van der Waals surface area contributed by atoms with Crippen LogP contribution in [0.2, 0.25) is 0 Å². The number of nitro benzene ring substituents is 2. The molecule has 1 aromatic carbocycles. The number of hydrogen-bond donors (Lipinski definition) is 1. The average Bonchev–Trinajstić information content (AvgIpc) is 2.34. The Hall–Kier alpha value is -2.28. The number of non-ortho nitro benzene ring substituents is 1. The van der Waals surface area contributed by atoms with Crippen LogP contribution in [-0.4, -0.2) is 16.4 Å². The smallest absolute Gasteiger partial charge is 0.280 e. The number of nitrogens with zero attached hydrogens (tertiary/aromatic N) is 2. The van der Waals surface area contributed by atoms with Gasteiger partial charge in [0, 0.05) is 18.2 Å². The summed E-state index contributed by atoms with van der Waals surface area (Å²) in [7, 11) is 0. The molecule has 0 aliphatic rings. The number of benzene rings is 1. The quantitative estimate of drug-likeness (QED) is 0.346. The fraction of sp³-hybridized carbons (Fsp3) is 0.273. The topological polar surface area (TPSA) is 98.3 Å². The summed E-state index contributed by atoms with van der Waals surface area (Å²) in [4.78, 5) is 20.1. The van der Waals surface area contributed by atoms with E-state index in [-0.39, 0.29) is 11.4 Å². The van der Waals surface area contributed by atoms with E-state index in [1.165, 1.54) is 12.1 Å². The van der Waals surface area contributed by atoms with E-state index in [4.69, 9.17) is 0 Å². The zero-order valence-electron chi connectivity index (χ0n) is 9.67. The lowest BCUT2D eigenvalue weighted by Crippen LogP contribution is -2.15. The molecule has 96 valence electrons. The molecule has 0 radical (unpaired) electrons. The lowest BCUT2D eigenvalue weighted by atomic mass is 10.1. The Labute approximate surface area is 103 Å². The van der Waals surface area contributed by atoms with Gasteiger partial charge in [-0.25, -0.2) is 0 Å². The minimum Gasteiger partial charge on any atom is -0.312 e. The first-order valence-electron chi connectivity index (χ1n) is 5.29. The van der Waals surface area contributed by atoms with Gasteiger partial charge in [0.2, 0.25) is 0 Å². The first-order chi connectivity index (χ1) is 8.56. The van der Waals surface area contributed by atoms with Crippen LogP contribution in [0.4, 0.5) is 11.4 Å². The van der Waals surface area contributed by atoms with Crippen molar-refractivity contribution in [2.45, 2.75) is 13.0 Å². The van der Waals surface area contributed by atoms with Gasteiger partial charge in [-0.1, -0.05) is 6.08 Å². The molecule has 0 saturated carbocycles. The summed E-state index contributed by atoms with van der Waals surface area (Å²) >= 11 is 0. The Morgan fingerprint density at radius 3 is 2.56 bits per heavy atom. The predicted molar refractivity (Wildman–Crippen MR) is 66.3 cm³/mol. The number of rotatable bonds is 7. The van der Waals surface area contributed by atoms with E-state index in [2.05, 4.69) is 11.9 Å². The van der Waals surface area contributed by atoms with Crippen LogP contribution in [0, 0.1) is 20.2 Å². The van der Waals surface area contributed by atoms with Crippen molar-refractivity contribution in [1.29, 1.82) is 0 Å². The summed E-state index contributed by atoms with van der Waals surface area (Å²) in [5.41, 5.74) is -0.0958. The molecule has 1 aromatic rings. The molecule has 0 heterocycles. The number of nitrogens with one attached hydrogen (secondary N) is 1. The Morgan fingerprint density at radius 1 is 1.28 bits per heavy atom. The van der Waals surface area contributed by atoms with Gasteiger partial charge in [0.1, 0.15) is 0 Å². The van der Waals surface area contributed by atoms with Crippen molar-refractivity contribution in [3.63, 3.8) is 0 Å². The van der Waals surface area contributed by atoms with E-state index in [1.54, 1.807) is 6.08 Å². The minimum atomic E-state index is -0.651. The van der Waals surface area contributed by atoms with Crippen LogP contribution in [0.5, 0.6) is 0 Å². The average molecular weight is 251 g/mol. The third kappa shape index (κ3) is 3.63. The molecule has 0 amide bonds. The summed E-state index contributed by atoms with van der Waals surface area (Å²) < 4.78 is 0. The first-order valence-corrected chi connectivity index (χ1v) is 5.29. The molecule has 0 aliphatic carbocycles. The second-order valence-corrected chi connectivity index (χ2v) is 3.58. The summed E-state index contributed by atoms with van der Waals surface area (Å²) in [5.74, 6) is 0. The van der Waals surface area contributed by atoms with Crippen molar-refractivity contribution in [3.05, 3.63) is 56.6 Å². The maximum atomic E-state index is 10.8. The molecule has 7 nitrogen and oxygen atoms in total. The van der Waals surface area contributed by atoms with Crippen molar-refractivity contribution in [3.8, 4) is 0 Å². The van der Waals surface area contributed by atoms with Gasteiger partial charge in [-0.3, -0.25) is 20.2 Å². The molecule has 0 aromatic heterocycles. The molecular weight excluding hydrogens is 238 g/mol. The zero-order chi connectivity index (χ0) is 13.5. The van der Waals surface area contributed by atoms with E-state index in [1.807, 2.05) is 0 Å². The Balaban J connectivity index is 2.86. The first kappa shape index (κ1) is 13.8. The van der Waals surface area contributed by atoms with Gasteiger partial charge in [-0.15, -0.1) is 6.58 Å². The van der Waals surface area contributed by atoms with E-state index in [0.29, 0.717) is 18.7 Å². The SMILES string of the molecule is C=CCCNCc1ccc([N+](=O)[O-])cc1[N+](=O)[O-]. The molecule has 0 saturated heterocycles. The van der Waals surface area contributed by atoms with Crippen LogP contribution in [0.25, 0.3) is 0 Å². The highest BCUT2D eigenvalue weighted by atomic mass is 16.6. The Kier molecular flexibility index (Phi) is 4.94. The highest BCUT2D eigenvalue weighted by Crippen LogP contribution is 2.24. The highest BCUT2D eigenvalue weighted by Gasteiger charge is 2.18. The van der Waals surface area contributed by atoms with E-state index in [9.17, 15) is 20.2 Å². The predicted octanol–water partition coefficient (Wildman–Crippen LogP) is 2.17. The van der Waals surface area contributed by atoms with E-state index in [0.717, 1.165) is 12.5 Å². The van der Waals surface area contributed by atoms with Gasteiger partial charge in [-0.05, 0) is 19.0 Å². The summed E-state index contributed by atoms with van der Waals surface area (Å²) in [6, 6.07) is 3.64. The molecule has 18 heavy (non-hydrogen) atoms. The molecule has 7 heteroatoms. The second-order valence-electron chi connectivity index (χ2n) is 3.58. The molecular formula is C11H13N3O4. The standard InChI is InChI=1S/C11H13N3O4/c1-2-3-6-12-8-9-4-5-10(13(15)16)7-11(9)14(17)18/h2,4-5,7,12H,1,3,6,8H2. The molecule has 0 bridgehead atoms. The summed E-state index contributed by atoms with van der Waals surface area (Å²) in [6.07, 6.45) is 2.48. The summed E-state index contributed by atoms with van der Waals surface area (Å²) in [6.45, 7) is 4.50. The lowest BCUT2D eigenvalue weighted by Gasteiger charge is -2.04. The maximum absolute atomic E-state index is 10.8. The second kappa shape index (κ2) is 6.45. The van der Waals surface area contributed by atoms with Crippen LogP contribution < -0.4 is 5.32 Å². The van der Waals surface area contributed by atoms with Gasteiger partial charge >= 0.3 is 0 Å². The summed E-state index contributed by atoms with van der Waals surface area (Å²) in [5, 5.41) is 24.4. The monoisotopic (exact) mass is 251 g/mol. The van der Waals surface area contributed by atoms with E-state index >= 15 is 0 Å². The fourth-order valence-corrected chi connectivity index (χ4v) is 1.41. The molecule has 0 aliphatic heterocycles. The largest absolute Gasteiger partial charge is 0.312 e. The highest BCUT2D eigenvalue weighted by molar-refractivity contribution is 5.49. The van der Waals surface area contributed by atoms with Crippen molar-refractivity contribution < 1.29 is 9.85 Å². The molecule has 0 fully saturated rings. The van der Waals surface area contributed by atoms with Crippen molar-refractivity contribution >= 4 is 11.4 Å². The zero-order valence-corrected chi connectivity index (χ0v) is 9.67. The van der Waals surface area contributed by atoms with Crippen molar-refractivity contribution in [2.75, 3.05) is 6.54 Å². The van der Waals surface area contributed by atoms with Crippen LogP contribution in [0.1, 0.15) is 12.0 Å². The number of nitro groups is 2. The van der Waals surface area contributed by atoms with Crippen LogP contribution in [0.15, 0.2) is 30.9 Å². The van der Waals surface area contributed by atoms with Crippen molar-refractivity contribution in [2.24, 2.45) is 0 Å². The molecule has 1 rings (SSSR count). The Bertz CT molecular complexity index is 473. The fourth-order valence-electron chi connectivity index (χ4n) is 1.41. The third-order valence-corrected chi connectivity index (χ3v) is 2.32. The molecule has 0 atom stereocenters. The molecule has 1 N–H and O–H groups in total. The normalized spacial score (nSPS) is 10.0. The van der Waals surface area contributed by atoms with E-state index < -0.39 is 9.85 Å². The minimum absolute atomic E-state index is 0.240. The van der Waals surface area contributed by atoms with Crippen LogP contribution >= 0.6 is 0 Å². The van der Waals surface area contributed by atoms with Gasteiger partial charge in [0.15, 0.2) is 0 Å². The van der Waals surface area contributed by atoms with Crippen LogP contribution in [-0.2, 0) is 6.54 Å². The lowest BCUT2D eigenvalue weighted by molar-refractivity contribution is -0.394. The van der Waals surface area contributed by atoms with Gasteiger partial charge in [0.05, 0.1) is 15.9 Å². The number of hydrogen-bond acceptors (Lipinski definition) is 5. The molecule has 0 spiro atoms. The maximum Gasteiger partial charge on any atom is 0.280 e. The van der Waals surface area contributed by atoms with Gasteiger partial charge in [-0.2, -0.15) is 0 Å².